The van der Waals surface area contributed by atoms with E-state index in [4.69, 9.17) is 0 Å². The van der Waals surface area contributed by atoms with Gasteiger partial charge in [-0.25, -0.2) is 0 Å². The summed E-state index contributed by atoms with van der Waals surface area (Å²) in [6.45, 7) is 6.75. The first-order valence-corrected chi connectivity index (χ1v) is 6.60. The average molecular weight is 235 g/mol. The van der Waals surface area contributed by atoms with Crippen LogP contribution in [0.2, 0.25) is 0 Å². The molecule has 1 aromatic carbocycles. The topological polar surface area (TPSA) is 20.3 Å². The smallest absolute Gasteiger partial charge is 0.220 e. The molecule has 2 rings (SSSR count). The van der Waals surface area contributed by atoms with Crippen LogP contribution in [0.3, 0.4) is 0 Å². The van der Waals surface area contributed by atoms with Crippen LogP contribution in [0.1, 0.15) is 29.0 Å². The Morgan fingerprint density at radius 3 is 2.81 bits per heavy atom. The lowest BCUT2D eigenvalue weighted by Gasteiger charge is -2.24. The molecule has 86 valence electrons. The van der Waals surface area contributed by atoms with E-state index in [1.54, 1.807) is 6.92 Å². The van der Waals surface area contributed by atoms with Crippen molar-refractivity contribution in [3.63, 3.8) is 0 Å². The van der Waals surface area contributed by atoms with Crippen molar-refractivity contribution in [2.45, 2.75) is 26.1 Å². The van der Waals surface area contributed by atoms with Crippen molar-refractivity contribution in [2.75, 3.05) is 12.3 Å². The maximum atomic E-state index is 11.5. The van der Waals surface area contributed by atoms with Crippen molar-refractivity contribution in [2.24, 2.45) is 0 Å². The summed E-state index contributed by atoms with van der Waals surface area (Å²) in [5, 5.41) is 0.220. The Morgan fingerprint density at radius 1 is 1.44 bits per heavy atom. The van der Waals surface area contributed by atoms with E-state index in [0.717, 1.165) is 12.3 Å². The van der Waals surface area contributed by atoms with Gasteiger partial charge in [0, 0.05) is 19.2 Å². The van der Waals surface area contributed by atoms with E-state index in [1.807, 2.05) is 16.7 Å². The van der Waals surface area contributed by atoms with Gasteiger partial charge in [0.15, 0.2) is 0 Å². The number of amides is 1. The second kappa shape index (κ2) is 4.50. The molecule has 0 bridgehead atoms. The van der Waals surface area contributed by atoms with E-state index in [9.17, 15) is 4.79 Å². The van der Waals surface area contributed by atoms with Crippen molar-refractivity contribution in [1.82, 2.24) is 4.90 Å². The number of hydrogen-bond acceptors (Lipinski definition) is 2. The first-order chi connectivity index (χ1) is 7.59. The Morgan fingerprint density at radius 2 is 2.19 bits per heavy atom. The minimum absolute atomic E-state index is 0.176. The maximum Gasteiger partial charge on any atom is 0.220 e. The summed E-state index contributed by atoms with van der Waals surface area (Å²) < 4.78 is 0. The predicted octanol–water partition coefficient (Wildman–Crippen LogP) is 2.90. The van der Waals surface area contributed by atoms with E-state index < -0.39 is 0 Å². The molecule has 1 saturated heterocycles. The van der Waals surface area contributed by atoms with Crippen LogP contribution in [0.5, 0.6) is 0 Å². The zero-order chi connectivity index (χ0) is 11.7. The van der Waals surface area contributed by atoms with Crippen LogP contribution in [-0.2, 0) is 4.79 Å². The van der Waals surface area contributed by atoms with Gasteiger partial charge in [0.1, 0.15) is 5.37 Å². The van der Waals surface area contributed by atoms with Crippen LogP contribution in [0, 0.1) is 13.8 Å². The van der Waals surface area contributed by atoms with Crippen LogP contribution < -0.4 is 0 Å². The minimum Gasteiger partial charge on any atom is -0.326 e. The molecule has 0 aliphatic carbocycles. The van der Waals surface area contributed by atoms with Gasteiger partial charge in [0.25, 0.3) is 0 Å². The molecule has 2 nitrogen and oxygen atoms in total. The van der Waals surface area contributed by atoms with Crippen LogP contribution in [0.25, 0.3) is 0 Å². The van der Waals surface area contributed by atoms with E-state index >= 15 is 0 Å². The molecule has 16 heavy (non-hydrogen) atoms. The summed E-state index contributed by atoms with van der Waals surface area (Å²) >= 11 is 1.86. The summed E-state index contributed by atoms with van der Waals surface area (Å²) in [5.41, 5.74) is 3.84. The fourth-order valence-electron chi connectivity index (χ4n) is 2.15. The largest absolute Gasteiger partial charge is 0.326 e. The molecule has 1 unspecified atom stereocenters. The molecule has 1 aliphatic heterocycles. The first-order valence-electron chi connectivity index (χ1n) is 5.55. The lowest BCUT2D eigenvalue weighted by atomic mass is 10.1. The number of hydrogen-bond donors (Lipinski definition) is 0. The van der Waals surface area contributed by atoms with E-state index in [-0.39, 0.29) is 11.3 Å². The molecule has 1 aliphatic rings. The molecular weight excluding hydrogens is 218 g/mol. The molecule has 1 aromatic rings. The molecular formula is C13H17NOS. The van der Waals surface area contributed by atoms with Gasteiger partial charge < -0.3 is 4.90 Å². The number of nitrogens with zero attached hydrogens (tertiary/aromatic N) is 1. The maximum absolute atomic E-state index is 11.5. The fourth-order valence-corrected chi connectivity index (χ4v) is 3.56. The molecule has 1 fully saturated rings. The summed E-state index contributed by atoms with van der Waals surface area (Å²) in [7, 11) is 0. The fraction of sp³-hybridized carbons (Fsp3) is 0.462. The van der Waals surface area contributed by atoms with Gasteiger partial charge in [-0.1, -0.05) is 23.8 Å². The molecule has 0 radical (unpaired) electrons. The predicted molar refractivity (Wildman–Crippen MR) is 68.5 cm³/mol. The second-order valence-electron chi connectivity index (χ2n) is 4.30. The lowest BCUT2D eigenvalue weighted by Crippen LogP contribution is -2.28. The lowest BCUT2D eigenvalue weighted by molar-refractivity contribution is -0.128. The highest BCUT2D eigenvalue weighted by atomic mass is 32.2. The summed E-state index contributed by atoms with van der Waals surface area (Å²) in [5.74, 6) is 1.22. The standard InChI is InChI=1S/C13H17NOS/c1-9-4-5-12(10(2)8-9)13-14(11(3)15)6-7-16-13/h4-5,8,13H,6-7H2,1-3H3. The summed E-state index contributed by atoms with van der Waals surface area (Å²) in [4.78, 5) is 13.5. The Bertz CT molecular complexity index is 416. The highest BCUT2D eigenvalue weighted by molar-refractivity contribution is 7.99. The molecule has 0 aromatic heterocycles. The van der Waals surface area contributed by atoms with Crippen molar-refractivity contribution >= 4 is 17.7 Å². The number of thioether (sulfide) groups is 1. The zero-order valence-corrected chi connectivity index (χ0v) is 10.8. The van der Waals surface area contributed by atoms with Crippen LogP contribution in [0.15, 0.2) is 18.2 Å². The Balaban J connectivity index is 2.32. The highest BCUT2D eigenvalue weighted by Gasteiger charge is 2.29. The highest BCUT2D eigenvalue weighted by Crippen LogP contribution is 2.39. The quantitative estimate of drug-likeness (QED) is 0.746. The molecule has 0 saturated carbocycles. The minimum atomic E-state index is 0.176. The van der Waals surface area contributed by atoms with E-state index in [1.165, 1.54) is 16.7 Å². The van der Waals surface area contributed by atoms with E-state index in [0.29, 0.717) is 0 Å². The number of carbonyl (C=O) groups is 1. The third-order valence-corrected chi connectivity index (χ3v) is 4.23. The van der Waals surface area contributed by atoms with Gasteiger partial charge in [-0.3, -0.25) is 4.79 Å². The van der Waals surface area contributed by atoms with E-state index in [2.05, 4.69) is 32.0 Å². The van der Waals surface area contributed by atoms with Gasteiger partial charge in [0.05, 0.1) is 0 Å². The normalized spacial score (nSPS) is 20.2. The number of benzene rings is 1. The Kier molecular flexibility index (Phi) is 3.24. The SMILES string of the molecule is CC(=O)N1CCSC1c1ccc(C)cc1C. The van der Waals surface area contributed by atoms with Crippen LogP contribution >= 0.6 is 11.8 Å². The van der Waals surface area contributed by atoms with Crippen molar-refractivity contribution < 1.29 is 4.79 Å². The average Bonchev–Trinajstić information content (AvgIpc) is 2.66. The summed E-state index contributed by atoms with van der Waals surface area (Å²) in [6.07, 6.45) is 0. The van der Waals surface area contributed by atoms with Crippen LogP contribution in [-0.4, -0.2) is 23.1 Å². The molecule has 0 N–H and O–H groups in total. The molecule has 3 heteroatoms. The molecule has 0 spiro atoms. The first kappa shape index (κ1) is 11.5. The van der Waals surface area contributed by atoms with Crippen molar-refractivity contribution in [1.29, 1.82) is 0 Å². The monoisotopic (exact) mass is 235 g/mol. The number of aryl methyl sites for hydroxylation is 2. The third kappa shape index (κ3) is 2.09. The van der Waals surface area contributed by atoms with Gasteiger partial charge >= 0.3 is 0 Å². The second-order valence-corrected chi connectivity index (χ2v) is 5.48. The molecule has 1 amide bonds. The van der Waals surface area contributed by atoms with Crippen molar-refractivity contribution in [3.8, 4) is 0 Å². The Hall–Kier alpha value is -0.960. The molecule has 1 atom stereocenters. The number of carbonyl (C=O) groups excluding carboxylic acids is 1. The zero-order valence-electron chi connectivity index (χ0n) is 9.99. The van der Waals surface area contributed by atoms with Gasteiger partial charge in [-0.2, -0.15) is 0 Å². The number of rotatable bonds is 1. The molecule has 1 heterocycles. The van der Waals surface area contributed by atoms with Crippen LogP contribution in [0.4, 0.5) is 0 Å². The third-order valence-electron chi connectivity index (χ3n) is 2.99. The van der Waals surface area contributed by atoms with Gasteiger partial charge in [0.2, 0.25) is 5.91 Å². The summed E-state index contributed by atoms with van der Waals surface area (Å²) in [6, 6.07) is 6.47. The van der Waals surface area contributed by atoms with Crippen molar-refractivity contribution in [3.05, 3.63) is 34.9 Å². The van der Waals surface area contributed by atoms with Gasteiger partial charge in [-0.05, 0) is 25.0 Å². The Labute approximate surface area is 101 Å². The van der Waals surface area contributed by atoms with Gasteiger partial charge in [-0.15, -0.1) is 11.8 Å².